The lowest BCUT2D eigenvalue weighted by molar-refractivity contribution is -0.130. The van der Waals surface area contributed by atoms with E-state index in [1.54, 1.807) is 24.3 Å². The summed E-state index contributed by atoms with van der Waals surface area (Å²) in [5, 5.41) is 3.94. The number of carbonyl (C=O) groups is 1. The van der Waals surface area contributed by atoms with Crippen LogP contribution >= 0.6 is 0 Å². The zero-order chi connectivity index (χ0) is 19.9. The van der Waals surface area contributed by atoms with Gasteiger partial charge in [-0.1, -0.05) is 11.2 Å². The summed E-state index contributed by atoms with van der Waals surface area (Å²) in [6, 6.07) is 9.74. The molecule has 0 aliphatic heterocycles. The number of carbonyl (C=O) groups excluding carboxylic acids is 1. The van der Waals surface area contributed by atoms with Crippen molar-refractivity contribution in [1.82, 2.24) is 20.0 Å². The molecule has 2 heterocycles. The van der Waals surface area contributed by atoms with E-state index in [0.29, 0.717) is 37.7 Å². The highest BCUT2D eigenvalue weighted by Gasteiger charge is 2.13. The Morgan fingerprint density at radius 1 is 1.21 bits per heavy atom. The van der Waals surface area contributed by atoms with E-state index in [-0.39, 0.29) is 5.91 Å². The van der Waals surface area contributed by atoms with Crippen molar-refractivity contribution in [1.29, 1.82) is 0 Å². The van der Waals surface area contributed by atoms with Crippen LogP contribution in [0.1, 0.15) is 23.4 Å². The van der Waals surface area contributed by atoms with Crippen LogP contribution in [0.25, 0.3) is 11.4 Å². The van der Waals surface area contributed by atoms with Gasteiger partial charge in [-0.3, -0.25) is 9.78 Å². The van der Waals surface area contributed by atoms with Crippen LogP contribution in [0.2, 0.25) is 0 Å². The molecule has 0 unspecified atom stereocenters. The molecule has 0 bridgehead atoms. The number of amides is 1. The van der Waals surface area contributed by atoms with E-state index in [4.69, 9.17) is 9.26 Å². The van der Waals surface area contributed by atoms with E-state index in [0.717, 1.165) is 22.4 Å². The van der Waals surface area contributed by atoms with E-state index in [1.165, 1.54) is 0 Å². The molecular weight excluding hydrogens is 356 g/mol. The fraction of sp³-hybridized carbons (Fsp3) is 0.333. The quantitative estimate of drug-likeness (QED) is 0.597. The second-order valence-electron chi connectivity index (χ2n) is 6.74. The molecule has 0 atom stereocenters. The molecule has 2 aromatic heterocycles. The number of benzene rings is 1. The molecule has 0 saturated carbocycles. The van der Waals surface area contributed by atoms with Gasteiger partial charge in [0.05, 0.1) is 6.54 Å². The summed E-state index contributed by atoms with van der Waals surface area (Å²) >= 11 is 0. The number of aryl methyl sites for hydroxylation is 3. The first-order valence-electron chi connectivity index (χ1n) is 9.19. The molecule has 1 aromatic carbocycles. The van der Waals surface area contributed by atoms with E-state index in [9.17, 15) is 4.79 Å². The van der Waals surface area contributed by atoms with E-state index in [1.807, 2.05) is 38.1 Å². The third kappa shape index (κ3) is 5.39. The zero-order valence-electron chi connectivity index (χ0n) is 16.4. The lowest BCUT2D eigenvalue weighted by Crippen LogP contribution is -2.31. The smallest absolute Gasteiger partial charge is 0.227 e. The zero-order valence-corrected chi connectivity index (χ0v) is 16.4. The minimum absolute atomic E-state index is 0.00477. The van der Waals surface area contributed by atoms with Crippen LogP contribution in [-0.2, 0) is 11.2 Å². The van der Waals surface area contributed by atoms with E-state index >= 15 is 0 Å². The van der Waals surface area contributed by atoms with Crippen molar-refractivity contribution < 1.29 is 14.1 Å². The summed E-state index contributed by atoms with van der Waals surface area (Å²) in [4.78, 5) is 22.3. The van der Waals surface area contributed by atoms with Crippen molar-refractivity contribution in [2.45, 2.75) is 26.7 Å². The Hall–Kier alpha value is -3.22. The lowest BCUT2D eigenvalue weighted by Gasteiger charge is -2.17. The highest BCUT2D eigenvalue weighted by molar-refractivity contribution is 5.76. The summed E-state index contributed by atoms with van der Waals surface area (Å²) in [6.07, 6.45) is 4.05. The number of hydrogen-bond acceptors (Lipinski definition) is 6. The molecule has 0 aliphatic rings. The van der Waals surface area contributed by atoms with Crippen molar-refractivity contribution in [2.75, 3.05) is 20.2 Å². The molecule has 0 N–H and O–H groups in total. The first-order valence-corrected chi connectivity index (χ1v) is 9.19. The average Bonchev–Trinajstić information content (AvgIpc) is 3.15. The molecule has 28 heavy (non-hydrogen) atoms. The Bertz CT molecular complexity index is 904. The molecule has 0 saturated heterocycles. The maximum absolute atomic E-state index is 12.3. The molecule has 3 aromatic rings. The van der Waals surface area contributed by atoms with Gasteiger partial charge in [0, 0.05) is 37.8 Å². The van der Waals surface area contributed by atoms with Crippen molar-refractivity contribution in [3.8, 4) is 17.1 Å². The Labute approximate surface area is 164 Å². The molecule has 0 spiro atoms. The van der Waals surface area contributed by atoms with Crippen LogP contribution in [0.5, 0.6) is 5.75 Å². The Morgan fingerprint density at radius 3 is 2.71 bits per heavy atom. The van der Waals surface area contributed by atoms with Crippen molar-refractivity contribution in [3.05, 3.63) is 59.7 Å². The van der Waals surface area contributed by atoms with Gasteiger partial charge in [0.15, 0.2) is 0 Å². The van der Waals surface area contributed by atoms with Gasteiger partial charge in [0.1, 0.15) is 12.4 Å². The Balaban J connectivity index is 1.44. The maximum Gasteiger partial charge on any atom is 0.227 e. The topological polar surface area (TPSA) is 81.4 Å². The molecule has 146 valence electrons. The van der Waals surface area contributed by atoms with Crippen LogP contribution in [-0.4, -0.2) is 46.1 Å². The molecule has 7 heteroatoms. The van der Waals surface area contributed by atoms with Gasteiger partial charge in [0.25, 0.3) is 0 Å². The summed E-state index contributed by atoms with van der Waals surface area (Å²) in [5.74, 6) is 1.75. The van der Waals surface area contributed by atoms with E-state index in [2.05, 4.69) is 21.2 Å². The summed E-state index contributed by atoms with van der Waals surface area (Å²) in [5.41, 5.74) is 3.10. The number of likely N-dealkylation sites (N-methyl/N-ethyl adjacent to an activating group) is 1. The van der Waals surface area contributed by atoms with Gasteiger partial charge in [-0.05, 0) is 49.2 Å². The summed E-state index contributed by atoms with van der Waals surface area (Å²) < 4.78 is 11.0. The molecule has 0 aliphatic carbocycles. The van der Waals surface area contributed by atoms with Gasteiger partial charge < -0.3 is 14.2 Å². The second-order valence-corrected chi connectivity index (χ2v) is 6.74. The standard InChI is InChI=1S/C21H24N4O3/c1-15-11-16(2)13-18(12-15)27-10-9-25(3)20(26)7-6-19-23-21(24-28-19)17-5-4-8-22-14-17/h4-5,8,11-14H,6-7,9-10H2,1-3H3. The van der Waals surface area contributed by atoms with E-state index < -0.39 is 0 Å². The molecular formula is C21H24N4O3. The minimum atomic E-state index is 0.00477. The number of pyridine rings is 1. The monoisotopic (exact) mass is 380 g/mol. The SMILES string of the molecule is Cc1cc(C)cc(OCCN(C)C(=O)CCc2nc(-c3cccnc3)no2)c1. The Morgan fingerprint density at radius 2 is 2.00 bits per heavy atom. The number of hydrogen-bond donors (Lipinski definition) is 0. The third-order valence-electron chi connectivity index (χ3n) is 4.26. The van der Waals surface area contributed by atoms with Crippen molar-refractivity contribution >= 4 is 5.91 Å². The first-order chi connectivity index (χ1) is 13.5. The van der Waals surface area contributed by atoms with Crippen LogP contribution in [0.3, 0.4) is 0 Å². The van der Waals surface area contributed by atoms with Gasteiger partial charge in [-0.15, -0.1) is 0 Å². The highest BCUT2D eigenvalue weighted by atomic mass is 16.5. The van der Waals surface area contributed by atoms with Gasteiger partial charge in [0.2, 0.25) is 17.6 Å². The number of aromatic nitrogens is 3. The normalized spacial score (nSPS) is 10.7. The molecule has 7 nitrogen and oxygen atoms in total. The lowest BCUT2D eigenvalue weighted by atomic mass is 10.1. The summed E-state index contributed by atoms with van der Waals surface area (Å²) in [6.45, 7) is 5.02. The third-order valence-corrected chi connectivity index (χ3v) is 4.26. The largest absolute Gasteiger partial charge is 0.492 e. The second kappa shape index (κ2) is 9.12. The first kappa shape index (κ1) is 19.5. The average molecular weight is 380 g/mol. The molecule has 0 fully saturated rings. The minimum Gasteiger partial charge on any atom is -0.492 e. The van der Waals surface area contributed by atoms with Crippen LogP contribution in [0.15, 0.2) is 47.2 Å². The number of rotatable bonds is 8. The van der Waals surface area contributed by atoms with Crippen molar-refractivity contribution in [3.63, 3.8) is 0 Å². The molecule has 3 rings (SSSR count). The van der Waals surface area contributed by atoms with Crippen LogP contribution < -0.4 is 4.74 Å². The van der Waals surface area contributed by atoms with Crippen LogP contribution in [0, 0.1) is 13.8 Å². The predicted octanol–water partition coefficient (Wildman–Crippen LogP) is 3.22. The van der Waals surface area contributed by atoms with Crippen LogP contribution in [0.4, 0.5) is 0 Å². The fourth-order valence-electron chi connectivity index (χ4n) is 2.81. The maximum atomic E-state index is 12.3. The highest BCUT2D eigenvalue weighted by Crippen LogP contribution is 2.16. The molecule has 0 radical (unpaired) electrons. The van der Waals surface area contributed by atoms with Gasteiger partial charge in [-0.25, -0.2) is 0 Å². The van der Waals surface area contributed by atoms with Crippen molar-refractivity contribution in [2.24, 2.45) is 0 Å². The predicted molar refractivity (Wildman–Crippen MR) is 105 cm³/mol. The fourth-order valence-corrected chi connectivity index (χ4v) is 2.81. The number of ether oxygens (including phenoxy) is 1. The van der Waals surface area contributed by atoms with Gasteiger partial charge >= 0.3 is 0 Å². The molecule has 1 amide bonds. The number of nitrogens with zero attached hydrogens (tertiary/aromatic N) is 4. The van der Waals surface area contributed by atoms with Gasteiger partial charge in [-0.2, -0.15) is 4.98 Å². The summed E-state index contributed by atoms with van der Waals surface area (Å²) in [7, 11) is 1.77. The Kier molecular flexibility index (Phi) is 6.37.